The monoisotopic (exact) mass is 302 g/mol. The maximum Gasteiger partial charge on any atom is 0.162 e. The van der Waals surface area contributed by atoms with Gasteiger partial charge < -0.3 is 5.11 Å². The Balaban J connectivity index is 2.12. The molecule has 0 aromatic carbocycles. The molecule has 0 heterocycles. The van der Waals surface area contributed by atoms with Gasteiger partial charge in [0.15, 0.2) is 5.78 Å². The third-order valence-electron chi connectivity index (χ3n) is 6.87. The molecule has 0 aromatic heterocycles. The zero-order valence-corrected chi connectivity index (χ0v) is 14.6. The van der Waals surface area contributed by atoms with Crippen molar-refractivity contribution in [3.05, 3.63) is 23.8 Å². The summed E-state index contributed by atoms with van der Waals surface area (Å²) in [7, 11) is 0. The molecule has 122 valence electrons. The SMILES string of the molecule is CC(C)C1=CC(=O)C2(C)CCC(C)C3(C=CC(C)(O)CC3)C12. The van der Waals surface area contributed by atoms with Crippen LogP contribution in [-0.2, 0) is 4.79 Å². The van der Waals surface area contributed by atoms with Crippen molar-refractivity contribution in [1.82, 2.24) is 0 Å². The van der Waals surface area contributed by atoms with Crippen LogP contribution in [-0.4, -0.2) is 16.5 Å². The molecule has 3 rings (SSSR count). The number of hydrogen-bond acceptors (Lipinski definition) is 2. The number of hydrogen-bond donors (Lipinski definition) is 1. The lowest BCUT2D eigenvalue weighted by atomic mass is 9.47. The van der Waals surface area contributed by atoms with E-state index in [4.69, 9.17) is 0 Å². The second-order valence-corrected chi connectivity index (χ2v) is 8.76. The maximum absolute atomic E-state index is 12.8. The van der Waals surface area contributed by atoms with E-state index in [1.54, 1.807) is 0 Å². The minimum absolute atomic E-state index is 0.0392. The lowest BCUT2D eigenvalue weighted by Crippen LogP contribution is -2.52. The highest BCUT2D eigenvalue weighted by Gasteiger charge is 2.60. The van der Waals surface area contributed by atoms with Gasteiger partial charge in [-0.15, -0.1) is 0 Å². The van der Waals surface area contributed by atoms with Crippen LogP contribution in [0.2, 0.25) is 0 Å². The predicted molar refractivity (Wildman–Crippen MR) is 89.4 cm³/mol. The van der Waals surface area contributed by atoms with Gasteiger partial charge in [-0.25, -0.2) is 0 Å². The molecule has 0 amide bonds. The minimum atomic E-state index is -0.691. The Hall–Kier alpha value is -0.890. The summed E-state index contributed by atoms with van der Waals surface area (Å²) in [4.78, 5) is 12.8. The molecule has 5 unspecified atom stereocenters. The molecule has 0 saturated heterocycles. The molecule has 1 spiro atoms. The van der Waals surface area contributed by atoms with Crippen LogP contribution >= 0.6 is 0 Å². The topological polar surface area (TPSA) is 37.3 Å². The van der Waals surface area contributed by atoms with E-state index >= 15 is 0 Å². The molecular formula is C20H30O2. The normalized spacial score (nSPS) is 48.0. The Labute approximate surface area is 134 Å². The smallest absolute Gasteiger partial charge is 0.162 e. The van der Waals surface area contributed by atoms with E-state index in [0.717, 1.165) is 25.7 Å². The van der Waals surface area contributed by atoms with Gasteiger partial charge in [0.05, 0.1) is 5.60 Å². The van der Waals surface area contributed by atoms with Crippen molar-refractivity contribution in [1.29, 1.82) is 0 Å². The van der Waals surface area contributed by atoms with Crippen molar-refractivity contribution >= 4 is 5.78 Å². The third-order valence-corrected chi connectivity index (χ3v) is 6.87. The fraction of sp³-hybridized carbons (Fsp3) is 0.750. The predicted octanol–water partition coefficient (Wildman–Crippen LogP) is 4.29. The fourth-order valence-corrected chi connectivity index (χ4v) is 5.27. The lowest BCUT2D eigenvalue weighted by molar-refractivity contribution is -0.131. The van der Waals surface area contributed by atoms with Crippen LogP contribution in [0.1, 0.15) is 60.3 Å². The van der Waals surface area contributed by atoms with Crippen LogP contribution in [0.15, 0.2) is 23.8 Å². The van der Waals surface area contributed by atoms with E-state index in [1.807, 2.05) is 19.1 Å². The molecule has 2 nitrogen and oxygen atoms in total. The van der Waals surface area contributed by atoms with Crippen molar-refractivity contribution in [3.8, 4) is 0 Å². The van der Waals surface area contributed by atoms with Crippen LogP contribution in [0.4, 0.5) is 0 Å². The third kappa shape index (κ3) is 2.06. The molecule has 0 radical (unpaired) electrons. The van der Waals surface area contributed by atoms with Crippen LogP contribution in [0.3, 0.4) is 0 Å². The highest BCUT2D eigenvalue weighted by molar-refractivity contribution is 5.99. The van der Waals surface area contributed by atoms with Crippen LogP contribution in [0.5, 0.6) is 0 Å². The molecule has 0 bridgehead atoms. The van der Waals surface area contributed by atoms with Gasteiger partial charge in [0.25, 0.3) is 0 Å². The second kappa shape index (κ2) is 4.80. The Morgan fingerprint density at radius 2 is 1.86 bits per heavy atom. The van der Waals surface area contributed by atoms with Crippen molar-refractivity contribution in [2.24, 2.45) is 28.6 Å². The summed E-state index contributed by atoms with van der Waals surface area (Å²) in [5.41, 5.74) is 0.450. The van der Waals surface area contributed by atoms with Gasteiger partial charge in [0, 0.05) is 11.3 Å². The maximum atomic E-state index is 12.8. The van der Waals surface area contributed by atoms with E-state index < -0.39 is 5.60 Å². The largest absolute Gasteiger partial charge is 0.386 e. The molecule has 3 aliphatic carbocycles. The summed E-state index contributed by atoms with van der Waals surface area (Å²) in [6, 6.07) is 0. The van der Waals surface area contributed by atoms with Crippen molar-refractivity contribution in [2.75, 3.05) is 0 Å². The van der Waals surface area contributed by atoms with Crippen molar-refractivity contribution in [3.63, 3.8) is 0 Å². The summed E-state index contributed by atoms with van der Waals surface area (Å²) in [6.45, 7) is 10.8. The van der Waals surface area contributed by atoms with Gasteiger partial charge in [0.1, 0.15) is 0 Å². The quantitative estimate of drug-likeness (QED) is 0.734. The fourth-order valence-electron chi connectivity index (χ4n) is 5.27. The van der Waals surface area contributed by atoms with Crippen LogP contribution < -0.4 is 0 Å². The molecule has 1 fully saturated rings. The van der Waals surface area contributed by atoms with E-state index in [1.165, 1.54) is 5.57 Å². The zero-order chi connectivity index (χ0) is 16.3. The first-order valence-electron chi connectivity index (χ1n) is 8.81. The van der Waals surface area contributed by atoms with Gasteiger partial charge >= 0.3 is 0 Å². The molecule has 2 heteroatoms. The highest BCUT2D eigenvalue weighted by atomic mass is 16.3. The molecule has 22 heavy (non-hydrogen) atoms. The first kappa shape index (κ1) is 16.0. The van der Waals surface area contributed by atoms with E-state index in [2.05, 4.69) is 33.8 Å². The molecule has 0 aliphatic heterocycles. The summed E-state index contributed by atoms with van der Waals surface area (Å²) in [6.07, 6.45) is 10.1. The van der Waals surface area contributed by atoms with Crippen molar-refractivity contribution in [2.45, 2.75) is 65.9 Å². The van der Waals surface area contributed by atoms with Crippen molar-refractivity contribution < 1.29 is 9.90 Å². The second-order valence-electron chi connectivity index (χ2n) is 8.76. The molecule has 1 N–H and O–H groups in total. The Morgan fingerprint density at radius 1 is 1.18 bits per heavy atom. The van der Waals surface area contributed by atoms with Crippen LogP contribution in [0, 0.1) is 28.6 Å². The Bertz CT molecular complexity index is 554. The zero-order valence-electron chi connectivity index (χ0n) is 14.6. The average molecular weight is 302 g/mol. The van der Waals surface area contributed by atoms with Crippen LogP contribution in [0.25, 0.3) is 0 Å². The number of aliphatic hydroxyl groups is 1. The molecule has 5 atom stereocenters. The van der Waals surface area contributed by atoms with Gasteiger partial charge in [-0.2, -0.15) is 0 Å². The summed E-state index contributed by atoms with van der Waals surface area (Å²) in [5.74, 6) is 1.61. The number of carbonyl (C=O) groups excluding carboxylic acids is 1. The summed E-state index contributed by atoms with van der Waals surface area (Å²) < 4.78 is 0. The first-order valence-corrected chi connectivity index (χ1v) is 8.81. The summed E-state index contributed by atoms with van der Waals surface area (Å²) >= 11 is 0. The van der Waals surface area contributed by atoms with E-state index in [9.17, 15) is 9.90 Å². The molecule has 1 saturated carbocycles. The number of carbonyl (C=O) groups is 1. The van der Waals surface area contributed by atoms with Gasteiger partial charge in [-0.1, -0.05) is 45.4 Å². The number of ketones is 1. The lowest BCUT2D eigenvalue weighted by Gasteiger charge is -2.56. The Kier molecular flexibility index (Phi) is 3.49. The van der Waals surface area contributed by atoms with E-state index in [0.29, 0.717) is 23.5 Å². The van der Waals surface area contributed by atoms with E-state index in [-0.39, 0.29) is 10.8 Å². The highest BCUT2D eigenvalue weighted by Crippen LogP contribution is 2.64. The molecule has 3 aliphatic rings. The Morgan fingerprint density at radius 3 is 2.41 bits per heavy atom. The first-order chi connectivity index (χ1) is 10.1. The van der Waals surface area contributed by atoms with Gasteiger partial charge in [0.2, 0.25) is 0 Å². The number of allylic oxidation sites excluding steroid dienone is 3. The number of rotatable bonds is 1. The molecule has 0 aromatic rings. The summed E-state index contributed by atoms with van der Waals surface area (Å²) in [5, 5.41) is 10.3. The van der Waals surface area contributed by atoms with Gasteiger partial charge in [-0.3, -0.25) is 4.79 Å². The standard InChI is InChI=1S/C20H30O2/c1-13(2)15-12-16(21)19(5)7-6-14(3)20(17(15)19)10-8-18(4,22)9-11-20/h8,10,12-14,17,22H,6-7,9,11H2,1-5H3. The minimum Gasteiger partial charge on any atom is -0.386 e. The molecular weight excluding hydrogens is 272 g/mol. The number of fused-ring (bicyclic) bond motifs is 2. The van der Waals surface area contributed by atoms with Gasteiger partial charge in [-0.05, 0) is 55.9 Å². The average Bonchev–Trinajstić information content (AvgIpc) is 2.71.